The molecule has 0 bridgehead atoms. The Hall–Kier alpha value is -1.82. The molecule has 1 aromatic rings. The summed E-state index contributed by atoms with van der Waals surface area (Å²) in [6.45, 7) is 1.97. The summed E-state index contributed by atoms with van der Waals surface area (Å²) >= 11 is 0. The van der Waals surface area contributed by atoms with Crippen molar-refractivity contribution in [1.29, 1.82) is 0 Å². The lowest BCUT2D eigenvalue weighted by Gasteiger charge is -2.07. The van der Waals surface area contributed by atoms with Gasteiger partial charge in [0.1, 0.15) is 12.0 Å². The van der Waals surface area contributed by atoms with Crippen molar-refractivity contribution in [2.45, 2.75) is 19.5 Å². The van der Waals surface area contributed by atoms with Crippen molar-refractivity contribution in [3.8, 4) is 0 Å². The fourth-order valence-electron chi connectivity index (χ4n) is 1.05. The highest BCUT2D eigenvalue weighted by Crippen LogP contribution is 2.08. The molecule has 0 spiro atoms. The van der Waals surface area contributed by atoms with Gasteiger partial charge in [-0.15, -0.1) is 0 Å². The van der Waals surface area contributed by atoms with Gasteiger partial charge in [-0.25, -0.2) is 4.79 Å². The van der Waals surface area contributed by atoms with Gasteiger partial charge in [-0.1, -0.05) is 0 Å². The van der Waals surface area contributed by atoms with E-state index in [4.69, 9.17) is 10.2 Å². The molecule has 0 aliphatic carbocycles. The number of amides is 1. The summed E-state index contributed by atoms with van der Waals surface area (Å²) in [6, 6.07) is 1.10. The zero-order valence-electron chi connectivity index (χ0n) is 9.15. The highest BCUT2D eigenvalue weighted by molar-refractivity contribution is 5.89. The molecule has 6 heteroatoms. The fraction of sp³-hybridized carbons (Fsp3) is 0.400. The van der Waals surface area contributed by atoms with Gasteiger partial charge in [-0.3, -0.25) is 10.1 Å². The molecule has 0 fully saturated rings. The van der Waals surface area contributed by atoms with Crippen molar-refractivity contribution in [2.24, 2.45) is 5.73 Å². The molecular formula is C10H14N2O4. The van der Waals surface area contributed by atoms with Crippen LogP contribution in [0, 0.1) is 0 Å². The van der Waals surface area contributed by atoms with E-state index in [1.54, 1.807) is 13.0 Å². The van der Waals surface area contributed by atoms with Crippen LogP contribution in [0.4, 0.5) is 0 Å². The number of rotatable bonds is 5. The van der Waals surface area contributed by atoms with Crippen molar-refractivity contribution in [3.63, 3.8) is 0 Å². The molecule has 6 nitrogen and oxygen atoms in total. The van der Waals surface area contributed by atoms with Gasteiger partial charge in [0.25, 0.3) is 0 Å². The maximum Gasteiger partial charge on any atom is 0.341 e. The van der Waals surface area contributed by atoms with Crippen LogP contribution in [0.5, 0.6) is 0 Å². The first-order valence-corrected chi connectivity index (χ1v) is 4.73. The second-order valence-electron chi connectivity index (χ2n) is 3.30. The number of primary amides is 1. The lowest BCUT2D eigenvalue weighted by Crippen LogP contribution is -2.38. The molecule has 88 valence electrons. The average molecular weight is 226 g/mol. The van der Waals surface area contributed by atoms with E-state index < -0.39 is 17.9 Å². The number of furan rings is 1. The molecule has 0 radical (unpaired) electrons. The number of nitrogens with one attached hydrogen (secondary N) is 1. The predicted octanol–water partition coefficient (Wildman–Crippen LogP) is 0.0296. The molecule has 0 aromatic carbocycles. The summed E-state index contributed by atoms with van der Waals surface area (Å²) < 4.78 is 9.62. The molecule has 16 heavy (non-hydrogen) atoms. The number of carbonyl (C=O) groups is 2. The van der Waals surface area contributed by atoms with E-state index in [0.29, 0.717) is 17.9 Å². The van der Waals surface area contributed by atoms with E-state index in [1.807, 2.05) is 0 Å². The van der Waals surface area contributed by atoms with Crippen molar-refractivity contribution in [1.82, 2.24) is 5.32 Å². The van der Waals surface area contributed by atoms with Crippen LogP contribution in [-0.4, -0.2) is 25.0 Å². The number of nitrogens with two attached hydrogens (primary N) is 1. The molecule has 1 rings (SSSR count). The summed E-state index contributed by atoms with van der Waals surface area (Å²) in [5.41, 5.74) is 5.41. The number of esters is 1. The zero-order chi connectivity index (χ0) is 12.1. The first-order chi connectivity index (χ1) is 7.54. The van der Waals surface area contributed by atoms with Gasteiger partial charge in [-0.05, 0) is 13.0 Å². The van der Waals surface area contributed by atoms with E-state index in [2.05, 4.69) is 10.1 Å². The van der Waals surface area contributed by atoms with Gasteiger partial charge in [0.2, 0.25) is 5.91 Å². The third-order valence-electron chi connectivity index (χ3n) is 2.08. The molecule has 1 atom stereocenters. The number of ether oxygens (including phenoxy) is 1. The third-order valence-corrected chi connectivity index (χ3v) is 2.08. The summed E-state index contributed by atoms with van der Waals surface area (Å²) in [5.74, 6) is -0.369. The van der Waals surface area contributed by atoms with Gasteiger partial charge in [0.05, 0.1) is 25.3 Å². The second kappa shape index (κ2) is 5.32. The Morgan fingerprint density at radius 1 is 1.62 bits per heavy atom. The molecule has 3 N–H and O–H groups in total. The minimum absolute atomic E-state index is 0.321. The van der Waals surface area contributed by atoms with Crippen molar-refractivity contribution < 1.29 is 18.7 Å². The standard InChI is InChI=1S/C10H14N2O4/c1-6(9(11)13)12-4-8-3-7(5-16-8)10(14)15-2/h3,5-6,12H,4H2,1-2H3,(H2,11,13). The van der Waals surface area contributed by atoms with E-state index in [0.717, 1.165) is 0 Å². The van der Waals surface area contributed by atoms with Crippen LogP contribution in [0.2, 0.25) is 0 Å². The summed E-state index contributed by atoms with van der Waals surface area (Å²) in [4.78, 5) is 21.8. The van der Waals surface area contributed by atoms with E-state index >= 15 is 0 Å². The number of carbonyl (C=O) groups excluding carboxylic acids is 2. The Morgan fingerprint density at radius 2 is 2.31 bits per heavy atom. The smallest absolute Gasteiger partial charge is 0.341 e. The predicted molar refractivity (Wildman–Crippen MR) is 55.5 cm³/mol. The minimum atomic E-state index is -0.460. The Balaban J connectivity index is 2.53. The van der Waals surface area contributed by atoms with Crippen LogP contribution >= 0.6 is 0 Å². The largest absolute Gasteiger partial charge is 0.467 e. The highest BCUT2D eigenvalue weighted by atomic mass is 16.5. The maximum absolute atomic E-state index is 11.1. The molecule has 1 amide bonds. The normalized spacial score (nSPS) is 12.1. The minimum Gasteiger partial charge on any atom is -0.467 e. The SMILES string of the molecule is COC(=O)c1coc(CNC(C)C(N)=O)c1. The Morgan fingerprint density at radius 3 is 2.88 bits per heavy atom. The number of hydrogen-bond donors (Lipinski definition) is 2. The molecule has 0 saturated carbocycles. The first kappa shape index (κ1) is 12.3. The maximum atomic E-state index is 11.1. The topological polar surface area (TPSA) is 94.6 Å². The lowest BCUT2D eigenvalue weighted by molar-refractivity contribution is -0.119. The Kier molecular flexibility index (Phi) is 4.07. The number of methoxy groups -OCH3 is 1. The zero-order valence-corrected chi connectivity index (χ0v) is 9.15. The van der Waals surface area contributed by atoms with Gasteiger partial charge in [-0.2, -0.15) is 0 Å². The van der Waals surface area contributed by atoms with Crippen molar-refractivity contribution in [3.05, 3.63) is 23.7 Å². The molecule has 1 unspecified atom stereocenters. The van der Waals surface area contributed by atoms with E-state index in [1.165, 1.54) is 13.4 Å². The monoisotopic (exact) mass is 226 g/mol. The average Bonchev–Trinajstić information content (AvgIpc) is 2.73. The Labute approximate surface area is 92.7 Å². The Bertz CT molecular complexity index is 386. The van der Waals surface area contributed by atoms with Gasteiger partial charge < -0.3 is 14.9 Å². The van der Waals surface area contributed by atoms with E-state index in [9.17, 15) is 9.59 Å². The molecule has 1 aromatic heterocycles. The summed E-state index contributed by atoms with van der Waals surface area (Å²) in [7, 11) is 1.29. The van der Waals surface area contributed by atoms with Crippen LogP contribution in [-0.2, 0) is 16.1 Å². The van der Waals surface area contributed by atoms with Crippen molar-refractivity contribution >= 4 is 11.9 Å². The fourth-order valence-corrected chi connectivity index (χ4v) is 1.05. The quantitative estimate of drug-likeness (QED) is 0.691. The molecule has 0 saturated heterocycles. The van der Waals surface area contributed by atoms with Crippen LogP contribution < -0.4 is 11.1 Å². The lowest BCUT2D eigenvalue weighted by atomic mass is 10.3. The van der Waals surface area contributed by atoms with Crippen LogP contribution in [0.15, 0.2) is 16.7 Å². The van der Waals surface area contributed by atoms with Gasteiger partial charge >= 0.3 is 5.97 Å². The van der Waals surface area contributed by atoms with Crippen molar-refractivity contribution in [2.75, 3.05) is 7.11 Å². The van der Waals surface area contributed by atoms with Gasteiger partial charge in [0.15, 0.2) is 0 Å². The summed E-state index contributed by atoms with van der Waals surface area (Å²) in [5, 5.41) is 2.85. The van der Waals surface area contributed by atoms with Crippen LogP contribution in [0.1, 0.15) is 23.0 Å². The number of hydrogen-bond acceptors (Lipinski definition) is 5. The van der Waals surface area contributed by atoms with Gasteiger partial charge in [0, 0.05) is 0 Å². The van der Waals surface area contributed by atoms with Crippen LogP contribution in [0.25, 0.3) is 0 Å². The molecule has 1 heterocycles. The molecule has 0 aliphatic heterocycles. The van der Waals surface area contributed by atoms with E-state index in [-0.39, 0.29) is 0 Å². The highest BCUT2D eigenvalue weighted by Gasteiger charge is 2.12. The summed E-state index contributed by atoms with van der Waals surface area (Å²) in [6.07, 6.45) is 1.30. The second-order valence-corrected chi connectivity index (χ2v) is 3.30. The third kappa shape index (κ3) is 3.09. The van der Waals surface area contributed by atoms with Crippen LogP contribution in [0.3, 0.4) is 0 Å². The molecular weight excluding hydrogens is 212 g/mol. The molecule has 0 aliphatic rings. The first-order valence-electron chi connectivity index (χ1n) is 4.73.